The molecule has 1 N–H and O–H groups in total. The van der Waals surface area contributed by atoms with Crippen LogP contribution in [0.25, 0.3) is 10.9 Å². The predicted octanol–water partition coefficient (Wildman–Crippen LogP) is 7.02. The van der Waals surface area contributed by atoms with Gasteiger partial charge >= 0.3 is 6.18 Å². The van der Waals surface area contributed by atoms with Crippen LogP contribution in [0.5, 0.6) is 0 Å². The Bertz CT molecular complexity index is 1330. The summed E-state index contributed by atoms with van der Waals surface area (Å²) in [7, 11) is 0. The van der Waals surface area contributed by atoms with Gasteiger partial charge in [0, 0.05) is 60.9 Å². The van der Waals surface area contributed by atoms with Gasteiger partial charge in [-0.05, 0) is 67.1 Å². The number of hydrogen-bond donors (Lipinski definition) is 1. The van der Waals surface area contributed by atoms with Gasteiger partial charge in [-0.1, -0.05) is 18.2 Å². The van der Waals surface area contributed by atoms with Crippen LogP contribution in [-0.2, 0) is 6.18 Å². The molecule has 1 fully saturated rings. The van der Waals surface area contributed by atoms with Gasteiger partial charge in [0.2, 0.25) is 0 Å². The van der Waals surface area contributed by atoms with E-state index in [1.807, 2.05) is 24.3 Å². The van der Waals surface area contributed by atoms with E-state index in [2.05, 4.69) is 39.2 Å². The van der Waals surface area contributed by atoms with Crippen LogP contribution < -0.4 is 10.2 Å². The topological polar surface area (TPSA) is 31.4 Å². The molecule has 1 aromatic heterocycles. The van der Waals surface area contributed by atoms with Crippen LogP contribution in [0.2, 0.25) is 0 Å². The molecule has 0 aliphatic carbocycles. The van der Waals surface area contributed by atoms with E-state index in [0.29, 0.717) is 16.6 Å². The first-order valence-electron chi connectivity index (χ1n) is 11.9. The standard InChI is InChI=1S/C28H26F4N4/c1-19(35-14-16-36(17-15-35)24-9-5-22(29)6-10-24)20-2-7-23(8-3-20)34-26-12-13-33-27-18-21(28(30,31)32)4-11-25(26)27/h2-13,18-19H,14-17H2,1H3,(H,33,34). The smallest absolute Gasteiger partial charge is 0.369 e. The van der Waals surface area contributed by atoms with Crippen molar-refractivity contribution in [2.75, 3.05) is 36.4 Å². The third-order valence-corrected chi connectivity index (χ3v) is 6.80. The Kier molecular flexibility index (Phi) is 6.53. The minimum atomic E-state index is -4.40. The van der Waals surface area contributed by atoms with E-state index < -0.39 is 11.7 Å². The van der Waals surface area contributed by atoms with Crippen molar-refractivity contribution in [2.45, 2.75) is 19.1 Å². The third-order valence-electron chi connectivity index (χ3n) is 6.80. The number of benzene rings is 3. The Hall–Kier alpha value is -3.65. The summed E-state index contributed by atoms with van der Waals surface area (Å²) in [5.74, 6) is -0.225. The first kappa shape index (κ1) is 24.1. The van der Waals surface area contributed by atoms with Gasteiger partial charge in [-0.3, -0.25) is 9.88 Å². The number of piperazine rings is 1. The Morgan fingerprint density at radius 3 is 2.22 bits per heavy atom. The van der Waals surface area contributed by atoms with Crippen molar-refractivity contribution in [3.8, 4) is 0 Å². The van der Waals surface area contributed by atoms with E-state index in [-0.39, 0.29) is 11.9 Å². The molecule has 1 unspecified atom stereocenters. The largest absolute Gasteiger partial charge is 0.416 e. The summed E-state index contributed by atoms with van der Waals surface area (Å²) in [5.41, 5.74) is 3.35. The summed E-state index contributed by atoms with van der Waals surface area (Å²) in [5, 5.41) is 3.94. The number of anilines is 3. The fourth-order valence-electron chi connectivity index (χ4n) is 4.66. The van der Waals surface area contributed by atoms with E-state index in [1.54, 1.807) is 6.07 Å². The molecular formula is C28H26F4N4. The van der Waals surface area contributed by atoms with Crippen LogP contribution in [0.15, 0.2) is 79.0 Å². The van der Waals surface area contributed by atoms with E-state index in [0.717, 1.165) is 49.7 Å². The number of halogens is 4. The fraction of sp³-hybridized carbons (Fsp3) is 0.250. The second-order valence-corrected chi connectivity index (χ2v) is 9.01. The highest BCUT2D eigenvalue weighted by Gasteiger charge is 2.30. The number of pyridine rings is 1. The average molecular weight is 495 g/mol. The second kappa shape index (κ2) is 9.78. The molecule has 0 radical (unpaired) electrons. The summed E-state index contributed by atoms with van der Waals surface area (Å²) < 4.78 is 52.4. The van der Waals surface area contributed by atoms with Crippen LogP contribution in [0.4, 0.5) is 34.6 Å². The Labute approximate surface area is 207 Å². The van der Waals surface area contributed by atoms with Gasteiger partial charge in [0.05, 0.1) is 11.1 Å². The number of hydrogen-bond acceptors (Lipinski definition) is 4. The summed E-state index contributed by atoms with van der Waals surface area (Å²) in [6, 6.07) is 20.3. The van der Waals surface area contributed by atoms with Crippen molar-refractivity contribution < 1.29 is 17.6 Å². The molecule has 8 heteroatoms. The average Bonchev–Trinajstić information content (AvgIpc) is 2.89. The van der Waals surface area contributed by atoms with Crippen molar-refractivity contribution >= 4 is 28.0 Å². The summed E-state index contributed by atoms with van der Waals surface area (Å²) in [6.45, 7) is 5.75. The van der Waals surface area contributed by atoms with Crippen molar-refractivity contribution in [3.05, 3.63) is 95.9 Å². The minimum absolute atomic E-state index is 0.225. The molecule has 4 aromatic rings. The maximum Gasteiger partial charge on any atom is 0.416 e. The van der Waals surface area contributed by atoms with Crippen molar-refractivity contribution in [3.63, 3.8) is 0 Å². The van der Waals surface area contributed by atoms with Gasteiger partial charge in [0.25, 0.3) is 0 Å². The fourth-order valence-corrected chi connectivity index (χ4v) is 4.66. The molecule has 186 valence electrons. The quantitative estimate of drug-likeness (QED) is 0.302. The van der Waals surface area contributed by atoms with Crippen LogP contribution >= 0.6 is 0 Å². The zero-order chi connectivity index (χ0) is 25.3. The molecule has 1 aliphatic rings. The number of alkyl halides is 3. The minimum Gasteiger partial charge on any atom is -0.369 e. The summed E-state index contributed by atoms with van der Waals surface area (Å²) >= 11 is 0. The van der Waals surface area contributed by atoms with Crippen LogP contribution in [0.3, 0.4) is 0 Å². The van der Waals surface area contributed by atoms with Gasteiger partial charge in [-0.15, -0.1) is 0 Å². The van der Waals surface area contributed by atoms with Gasteiger partial charge in [-0.25, -0.2) is 4.39 Å². The Balaban J connectivity index is 1.24. The molecule has 4 nitrogen and oxygen atoms in total. The number of rotatable bonds is 5. The Morgan fingerprint density at radius 2 is 1.56 bits per heavy atom. The van der Waals surface area contributed by atoms with E-state index in [9.17, 15) is 17.6 Å². The number of aromatic nitrogens is 1. The highest BCUT2D eigenvalue weighted by Crippen LogP contribution is 2.33. The highest BCUT2D eigenvalue weighted by atomic mass is 19.4. The molecule has 0 spiro atoms. The van der Waals surface area contributed by atoms with E-state index in [4.69, 9.17) is 0 Å². The van der Waals surface area contributed by atoms with Gasteiger partial charge < -0.3 is 10.2 Å². The second-order valence-electron chi connectivity index (χ2n) is 9.01. The van der Waals surface area contributed by atoms with Crippen molar-refractivity contribution in [1.29, 1.82) is 0 Å². The van der Waals surface area contributed by atoms with E-state index in [1.165, 1.54) is 30.0 Å². The molecule has 2 heterocycles. The number of fused-ring (bicyclic) bond motifs is 1. The maximum absolute atomic E-state index is 13.2. The summed E-state index contributed by atoms with van der Waals surface area (Å²) in [4.78, 5) is 8.81. The number of nitrogens with one attached hydrogen (secondary N) is 1. The lowest BCUT2D eigenvalue weighted by Crippen LogP contribution is -2.47. The molecule has 5 rings (SSSR count). The monoisotopic (exact) mass is 494 g/mol. The molecule has 36 heavy (non-hydrogen) atoms. The predicted molar refractivity (Wildman–Crippen MR) is 135 cm³/mol. The SMILES string of the molecule is CC(c1ccc(Nc2ccnc3cc(C(F)(F)F)ccc23)cc1)N1CCN(c2ccc(F)cc2)CC1. The van der Waals surface area contributed by atoms with E-state index >= 15 is 0 Å². The normalized spacial score (nSPS) is 15.8. The first-order chi connectivity index (χ1) is 17.3. The Morgan fingerprint density at radius 1 is 0.861 bits per heavy atom. The lowest BCUT2D eigenvalue weighted by molar-refractivity contribution is -0.137. The molecule has 1 atom stereocenters. The highest BCUT2D eigenvalue weighted by molar-refractivity contribution is 5.93. The van der Waals surface area contributed by atoms with Gasteiger partial charge in [0.1, 0.15) is 5.82 Å². The summed E-state index contributed by atoms with van der Waals surface area (Å²) in [6.07, 6.45) is -2.90. The van der Waals surface area contributed by atoms with Crippen LogP contribution in [0.1, 0.15) is 24.1 Å². The molecule has 1 saturated heterocycles. The molecule has 1 aliphatic heterocycles. The zero-order valence-corrected chi connectivity index (χ0v) is 19.8. The van der Waals surface area contributed by atoms with Crippen molar-refractivity contribution in [2.24, 2.45) is 0 Å². The third kappa shape index (κ3) is 5.14. The molecule has 3 aromatic carbocycles. The lowest BCUT2D eigenvalue weighted by Gasteiger charge is -2.39. The van der Waals surface area contributed by atoms with Gasteiger partial charge in [-0.2, -0.15) is 13.2 Å². The van der Waals surface area contributed by atoms with Gasteiger partial charge in [0.15, 0.2) is 0 Å². The maximum atomic E-state index is 13.2. The molecule has 0 amide bonds. The number of nitrogens with zero attached hydrogens (tertiary/aromatic N) is 3. The lowest BCUT2D eigenvalue weighted by atomic mass is 10.0. The molecular weight excluding hydrogens is 468 g/mol. The zero-order valence-electron chi connectivity index (χ0n) is 19.8. The van der Waals surface area contributed by atoms with Crippen LogP contribution in [-0.4, -0.2) is 36.1 Å². The first-order valence-corrected chi connectivity index (χ1v) is 11.9. The molecule has 0 bridgehead atoms. The molecule has 0 saturated carbocycles. The van der Waals surface area contributed by atoms with Crippen molar-refractivity contribution in [1.82, 2.24) is 9.88 Å². The van der Waals surface area contributed by atoms with Crippen LogP contribution in [0, 0.1) is 5.82 Å².